The highest BCUT2D eigenvalue weighted by Gasteiger charge is 2.21. The number of nitrogens with one attached hydrogen (secondary N) is 1. The Hall–Kier alpha value is -0.700. The third-order valence-electron chi connectivity index (χ3n) is 2.55. The standard InChI is InChI=1S/C11H16ClFN2O3S2/c1-4-19(3,16)15-20(17,18)14-8(2)11-9(12)6-5-7-10(11)13/h5-8,14H,4H2,1-3H3/t8-,19+/m0/s1. The van der Waals surface area contributed by atoms with E-state index in [1.165, 1.54) is 31.4 Å². The lowest BCUT2D eigenvalue weighted by atomic mass is 10.1. The molecule has 1 rings (SSSR count). The van der Waals surface area contributed by atoms with Crippen molar-refractivity contribution in [1.82, 2.24) is 4.72 Å². The van der Waals surface area contributed by atoms with Crippen LogP contribution in [0.3, 0.4) is 0 Å². The molecule has 114 valence electrons. The van der Waals surface area contributed by atoms with Gasteiger partial charge in [-0.25, -0.2) is 8.60 Å². The molecule has 0 unspecified atom stereocenters. The Balaban J connectivity index is 3.11. The molecule has 0 saturated heterocycles. The summed E-state index contributed by atoms with van der Waals surface area (Å²) in [5.74, 6) is -0.525. The molecule has 1 aromatic rings. The van der Waals surface area contributed by atoms with Gasteiger partial charge in [0.1, 0.15) is 5.82 Å². The molecule has 9 heteroatoms. The average Bonchev–Trinajstić information content (AvgIpc) is 2.26. The van der Waals surface area contributed by atoms with E-state index in [0.29, 0.717) is 0 Å². The number of hydrogen-bond acceptors (Lipinski definition) is 3. The van der Waals surface area contributed by atoms with Crippen molar-refractivity contribution >= 4 is 31.5 Å². The van der Waals surface area contributed by atoms with Crippen molar-refractivity contribution in [3.63, 3.8) is 0 Å². The van der Waals surface area contributed by atoms with Crippen LogP contribution < -0.4 is 4.72 Å². The SMILES string of the molecule is CC[S@@](C)(=O)=NS(=O)(=O)N[C@@H](C)c1c(F)cccc1Cl. The molecular formula is C11H16ClFN2O3S2. The highest BCUT2D eigenvalue weighted by Crippen LogP contribution is 2.26. The first-order valence-electron chi connectivity index (χ1n) is 5.75. The third-order valence-corrected chi connectivity index (χ3v) is 6.65. The summed E-state index contributed by atoms with van der Waals surface area (Å²) in [5.41, 5.74) is 0.0204. The number of benzene rings is 1. The molecule has 0 heterocycles. The first-order valence-corrected chi connectivity index (χ1v) is 9.66. The van der Waals surface area contributed by atoms with Crippen LogP contribution in [-0.2, 0) is 19.9 Å². The topological polar surface area (TPSA) is 75.6 Å². The van der Waals surface area contributed by atoms with Crippen LogP contribution >= 0.6 is 11.6 Å². The van der Waals surface area contributed by atoms with Gasteiger partial charge in [0.2, 0.25) is 0 Å². The van der Waals surface area contributed by atoms with E-state index < -0.39 is 31.8 Å². The molecule has 5 nitrogen and oxygen atoms in total. The van der Waals surface area contributed by atoms with E-state index in [0.717, 1.165) is 0 Å². The second kappa shape index (κ2) is 6.38. The Kier molecular flexibility index (Phi) is 5.54. The van der Waals surface area contributed by atoms with Crippen LogP contribution in [0.25, 0.3) is 0 Å². The van der Waals surface area contributed by atoms with Crippen molar-refractivity contribution < 1.29 is 17.0 Å². The van der Waals surface area contributed by atoms with Crippen molar-refractivity contribution in [3.8, 4) is 0 Å². The van der Waals surface area contributed by atoms with E-state index in [1.807, 2.05) is 0 Å². The van der Waals surface area contributed by atoms with Crippen LogP contribution in [0.4, 0.5) is 4.39 Å². The smallest absolute Gasteiger partial charge is 0.249 e. The van der Waals surface area contributed by atoms with Crippen molar-refractivity contribution in [2.24, 2.45) is 3.77 Å². The maximum absolute atomic E-state index is 13.7. The Morgan fingerprint density at radius 1 is 1.40 bits per heavy atom. The predicted molar refractivity (Wildman–Crippen MR) is 78.9 cm³/mol. The van der Waals surface area contributed by atoms with Gasteiger partial charge in [-0.3, -0.25) is 0 Å². The molecule has 0 aromatic heterocycles. The molecule has 1 N–H and O–H groups in total. The Morgan fingerprint density at radius 2 is 2.00 bits per heavy atom. The predicted octanol–water partition coefficient (Wildman–Crippen LogP) is 2.49. The van der Waals surface area contributed by atoms with Crippen LogP contribution in [0.15, 0.2) is 22.0 Å². The van der Waals surface area contributed by atoms with Gasteiger partial charge in [0.15, 0.2) is 0 Å². The first-order chi connectivity index (χ1) is 9.08. The zero-order valence-electron chi connectivity index (χ0n) is 11.3. The van der Waals surface area contributed by atoms with Crippen molar-refractivity contribution in [1.29, 1.82) is 0 Å². The zero-order valence-corrected chi connectivity index (χ0v) is 13.6. The Morgan fingerprint density at radius 3 is 2.50 bits per heavy atom. The van der Waals surface area contributed by atoms with Crippen LogP contribution in [0.1, 0.15) is 25.5 Å². The molecule has 0 bridgehead atoms. The van der Waals surface area contributed by atoms with Crippen LogP contribution in [-0.4, -0.2) is 24.6 Å². The summed E-state index contributed by atoms with van der Waals surface area (Å²) >= 11 is 5.85. The van der Waals surface area contributed by atoms with E-state index in [2.05, 4.69) is 8.49 Å². The summed E-state index contributed by atoms with van der Waals surface area (Å²) in [4.78, 5) is 0. The summed E-state index contributed by atoms with van der Waals surface area (Å²) in [6.45, 7) is 3.00. The summed E-state index contributed by atoms with van der Waals surface area (Å²) in [5, 5.41) is 0.105. The fraction of sp³-hybridized carbons (Fsp3) is 0.455. The lowest BCUT2D eigenvalue weighted by molar-refractivity contribution is 0.551. The van der Waals surface area contributed by atoms with E-state index in [-0.39, 0.29) is 16.3 Å². The van der Waals surface area contributed by atoms with Crippen molar-refractivity contribution in [2.75, 3.05) is 12.0 Å². The number of hydrogen-bond donors (Lipinski definition) is 1. The van der Waals surface area contributed by atoms with Gasteiger partial charge in [-0.15, -0.1) is 0 Å². The van der Waals surface area contributed by atoms with Gasteiger partial charge in [0, 0.05) is 28.6 Å². The van der Waals surface area contributed by atoms with E-state index >= 15 is 0 Å². The molecule has 0 amide bonds. The number of rotatable bonds is 5. The van der Waals surface area contributed by atoms with Gasteiger partial charge in [-0.1, -0.05) is 28.4 Å². The molecule has 20 heavy (non-hydrogen) atoms. The minimum atomic E-state index is -4.16. The van der Waals surface area contributed by atoms with E-state index in [9.17, 15) is 17.0 Å². The number of nitrogens with zero attached hydrogens (tertiary/aromatic N) is 1. The quantitative estimate of drug-likeness (QED) is 0.893. The molecule has 0 aliphatic rings. The fourth-order valence-corrected chi connectivity index (χ4v) is 4.63. The van der Waals surface area contributed by atoms with Crippen LogP contribution in [0.5, 0.6) is 0 Å². The molecule has 2 atom stereocenters. The minimum Gasteiger partial charge on any atom is -0.249 e. The van der Waals surface area contributed by atoms with Gasteiger partial charge in [0.25, 0.3) is 0 Å². The summed E-state index contributed by atoms with van der Waals surface area (Å²) < 4.78 is 54.4. The molecule has 1 aromatic carbocycles. The van der Waals surface area contributed by atoms with Crippen molar-refractivity contribution in [2.45, 2.75) is 19.9 Å². The van der Waals surface area contributed by atoms with Gasteiger partial charge in [-0.2, -0.15) is 13.1 Å². The number of halogens is 2. The molecule has 0 spiro atoms. The lowest BCUT2D eigenvalue weighted by Gasteiger charge is -2.15. The second-order valence-corrected chi connectivity index (χ2v) is 8.96. The van der Waals surface area contributed by atoms with Gasteiger partial charge in [0.05, 0.1) is 9.73 Å². The largest absolute Gasteiger partial charge is 0.328 e. The van der Waals surface area contributed by atoms with Crippen LogP contribution in [0.2, 0.25) is 5.02 Å². The second-order valence-electron chi connectivity index (χ2n) is 4.27. The molecule has 0 aliphatic heterocycles. The van der Waals surface area contributed by atoms with Crippen molar-refractivity contribution in [3.05, 3.63) is 34.6 Å². The van der Waals surface area contributed by atoms with Gasteiger partial charge >= 0.3 is 10.2 Å². The monoisotopic (exact) mass is 342 g/mol. The normalized spacial score (nSPS) is 16.4. The molecule has 0 saturated carbocycles. The highest BCUT2D eigenvalue weighted by atomic mass is 35.5. The maximum Gasteiger partial charge on any atom is 0.328 e. The zero-order chi connectivity index (χ0) is 15.6. The van der Waals surface area contributed by atoms with E-state index in [1.54, 1.807) is 6.92 Å². The lowest BCUT2D eigenvalue weighted by Crippen LogP contribution is -2.27. The summed E-state index contributed by atoms with van der Waals surface area (Å²) in [7, 11) is -6.99. The molecule has 0 radical (unpaired) electrons. The summed E-state index contributed by atoms with van der Waals surface area (Å²) in [6.07, 6.45) is 1.24. The van der Waals surface area contributed by atoms with E-state index in [4.69, 9.17) is 11.6 Å². The van der Waals surface area contributed by atoms with Crippen LogP contribution in [0, 0.1) is 5.82 Å². The minimum absolute atomic E-state index is 0.0204. The Bertz CT molecular complexity index is 692. The molecule has 0 aliphatic carbocycles. The molecule has 0 fully saturated rings. The maximum atomic E-state index is 13.7. The first kappa shape index (κ1) is 17.4. The average molecular weight is 343 g/mol. The summed E-state index contributed by atoms with van der Waals surface area (Å²) in [6, 6.07) is 3.13. The van der Waals surface area contributed by atoms with Gasteiger partial charge in [-0.05, 0) is 19.1 Å². The fourth-order valence-electron chi connectivity index (χ4n) is 1.49. The highest BCUT2D eigenvalue weighted by molar-refractivity contribution is 8.02. The van der Waals surface area contributed by atoms with Gasteiger partial charge < -0.3 is 0 Å². The Labute approximate surface area is 123 Å². The molecular weight excluding hydrogens is 327 g/mol. The third kappa shape index (κ3) is 4.69.